The van der Waals surface area contributed by atoms with Crippen molar-refractivity contribution in [1.82, 2.24) is 15.0 Å². The molecular formula is C19H20N6O2S. The van der Waals surface area contributed by atoms with Crippen LogP contribution in [0.1, 0.15) is 5.82 Å². The maximum Gasteiger partial charge on any atom is 0.234 e. The minimum absolute atomic E-state index is 0.0920. The maximum atomic E-state index is 12.0. The predicted molar refractivity (Wildman–Crippen MR) is 112 cm³/mol. The van der Waals surface area contributed by atoms with Gasteiger partial charge in [-0.3, -0.25) is 4.79 Å². The minimum atomic E-state index is -0.0920. The zero-order chi connectivity index (χ0) is 19.8. The van der Waals surface area contributed by atoms with E-state index in [1.165, 1.54) is 11.8 Å². The van der Waals surface area contributed by atoms with Crippen molar-refractivity contribution in [3.05, 3.63) is 60.4 Å². The Morgan fingerprint density at radius 3 is 2.61 bits per heavy atom. The van der Waals surface area contributed by atoms with E-state index < -0.39 is 0 Å². The van der Waals surface area contributed by atoms with Gasteiger partial charge in [0, 0.05) is 5.69 Å². The smallest absolute Gasteiger partial charge is 0.234 e. The van der Waals surface area contributed by atoms with Crippen LogP contribution in [0.4, 0.5) is 23.3 Å². The highest BCUT2D eigenvalue weighted by atomic mass is 32.2. The molecule has 4 N–H and O–H groups in total. The molecule has 0 aliphatic carbocycles. The minimum Gasteiger partial charge on any atom is -0.495 e. The van der Waals surface area contributed by atoms with Gasteiger partial charge in [-0.1, -0.05) is 30.3 Å². The molecule has 1 heterocycles. The number of rotatable bonds is 8. The van der Waals surface area contributed by atoms with E-state index >= 15 is 0 Å². The van der Waals surface area contributed by atoms with Crippen LogP contribution >= 0.6 is 11.8 Å². The summed E-state index contributed by atoms with van der Waals surface area (Å²) in [6.45, 7) is 0. The van der Waals surface area contributed by atoms with Crippen LogP contribution in [-0.2, 0) is 10.5 Å². The van der Waals surface area contributed by atoms with E-state index in [0.717, 1.165) is 11.4 Å². The molecule has 0 aliphatic rings. The average Bonchev–Trinajstić information content (AvgIpc) is 2.69. The summed E-state index contributed by atoms with van der Waals surface area (Å²) in [5.74, 6) is 2.19. The lowest BCUT2D eigenvalue weighted by atomic mass is 10.3. The van der Waals surface area contributed by atoms with Crippen LogP contribution in [0, 0.1) is 0 Å². The highest BCUT2D eigenvalue weighted by Gasteiger charge is 2.09. The lowest BCUT2D eigenvalue weighted by Gasteiger charge is -2.10. The Morgan fingerprint density at radius 1 is 1.07 bits per heavy atom. The Bertz CT molecular complexity index is 939. The Balaban J connectivity index is 1.58. The van der Waals surface area contributed by atoms with E-state index in [2.05, 4.69) is 25.6 Å². The zero-order valence-corrected chi connectivity index (χ0v) is 16.1. The highest BCUT2D eigenvalue weighted by molar-refractivity contribution is 7.99. The summed E-state index contributed by atoms with van der Waals surface area (Å²) in [6.07, 6.45) is 0. The molecule has 1 aromatic heterocycles. The molecule has 0 aliphatic heterocycles. The molecule has 144 valence electrons. The number of nitrogens with two attached hydrogens (primary N) is 1. The van der Waals surface area contributed by atoms with Crippen molar-refractivity contribution >= 4 is 40.9 Å². The highest BCUT2D eigenvalue weighted by Crippen LogP contribution is 2.25. The van der Waals surface area contributed by atoms with Crippen LogP contribution < -0.4 is 21.1 Å². The molecule has 0 atom stereocenters. The molecule has 0 radical (unpaired) electrons. The van der Waals surface area contributed by atoms with Crippen molar-refractivity contribution in [3.8, 4) is 5.75 Å². The molecule has 9 heteroatoms. The second kappa shape index (κ2) is 9.56. The number of aromatic nitrogens is 3. The first-order chi connectivity index (χ1) is 13.6. The summed E-state index contributed by atoms with van der Waals surface area (Å²) in [6, 6.07) is 16.7. The predicted octanol–water partition coefficient (Wildman–Crippen LogP) is 3.08. The van der Waals surface area contributed by atoms with Crippen LogP contribution in [0.5, 0.6) is 5.75 Å². The van der Waals surface area contributed by atoms with Gasteiger partial charge in [-0.25, -0.2) is 0 Å². The molecule has 0 unspecified atom stereocenters. The number of benzene rings is 2. The number of thioether (sulfide) groups is 1. The number of para-hydroxylation sites is 3. The molecule has 0 bridgehead atoms. The quantitative estimate of drug-likeness (QED) is 0.532. The third kappa shape index (κ3) is 5.58. The lowest BCUT2D eigenvalue weighted by Crippen LogP contribution is -2.14. The van der Waals surface area contributed by atoms with Crippen LogP contribution in [0.3, 0.4) is 0 Å². The SMILES string of the molecule is COc1ccccc1Nc1nc(N)nc(CSCC(=O)Nc2ccccc2)n1. The van der Waals surface area contributed by atoms with E-state index in [1.54, 1.807) is 7.11 Å². The molecule has 3 rings (SSSR count). The maximum absolute atomic E-state index is 12.0. The molecule has 0 saturated carbocycles. The number of ether oxygens (including phenoxy) is 1. The Hall–Kier alpha value is -3.33. The molecule has 28 heavy (non-hydrogen) atoms. The molecule has 3 aromatic rings. The average molecular weight is 396 g/mol. The van der Waals surface area contributed by atoms with Crippen molar-refractivity contribution in [3.63, 3.8) is 0 Å². The summed E-state index contributed by atoms with van der Waals surface area (Å²) in [7, 11) is 1.59. The summed E-state index contributed by atoms with van der Waals surface area (Å²) in [5, 5.41) is 5.91. The largest absolute Gasteiger partial charge is 0.495 e. The van der Waals surface area contributed by atoms with Crippen LogP contribution in [0.25, 0.3) is 0 Å². The summed E-state index contributed by atoms with van der Waals surface area (Å²) in [5.41, 5.74) is 7.28. The molecule has 2 aromatic carbocycles. The Kier molecular flexibility index (Phi) is 6.64. The number of amides is 1. The van der Waals surface area contributed by atoms with Gasteiger partial charge in [0.1, 0.15) is 11.6 Å². The van der Waals surface area contributed by atoms with Gasteiger partial charge >= 0.3 is 0 Å². The second-order valence-electron chi connectivity index (χ2n) is 5.67. The lowest BCUT2D eigenvalue weighted by molar-refractivity contribution is -0.113. The number of hydrogen-bond donors (Lipinski definition) is 3. The first kappa shape index (κ1) is 19.4. The summed E-state index contributed by atoms with van der Waals surface area (Å²) in [4.78, 5) is 24.6. The van der Waals surface area contributed by atoms with Gasteiger partial charge in [0.05, 0.1) is 24.3 Å². The van der Waals surface area contributed by atoms with E-state index in [-0.39, 0.29) is 17.6 Å². The van der Waals surface area contributed by atoms with Crippen LogP contribution in [0.2, 0.25) is 0 Å². The van der Waals surface area contributed by atoms with Crippen molar-refractivity contribution in [1.29, 1.82) is 0 Å². The molecule has 8 nitrogen and oxygen atoms in total. The number of hydrogen-bond acceptors (Lipinski definition) is 8. The summed E-state index contributed by atoms with van der Waals surface area (Å²) >= 11 is 1.39. The van der Waals surface area contributed by atoms with Crippen LogP contribution in [-0.4, -0.2) is 33.7 Å². The number of nitrogen functional groups attached to an aromatic ring is 1. The molecule has 0 spiro atoms. The van der Waals surface area contributed by atoms with Crippen molar-refractivity contribution in [2.75, 3.05) is 29.2 Å². The van der Waals surface area contributed by atoms with Gasteiger partial charge < -0.3 is 21.1 Å². The molecule has 1 amide bonds. The number of carbonyl (C=O) groups is 1. The Labute approximate surface area is 167 Å². The number of anilines is 4. The van der Waals surface area contributed by atoms with E-state index in [0.29, 0.717) is 23.3 Å². The topological polar surface area (TPSA) is 115 Å². The normalized spacial score (nSPS) is 10.3. The van der Waals surface area contributed by atoms with Gasteiger partial charge in [0.2, 0.25) is 17.8 Å². The van der Waals surface area contributed by atoms with Gasteiger partial charge in [-0.15, -0.1) is 11.8 Å². The standard InChI is InChI=1S/C19H20N6O2S/c1-27-15-10-6-5-9-14(15)22-19-24-16(23-18(20)25-19)11-28-12-17(26)21-13-7-3-2-4-8-13/h2-10H,11-12H2,1H3,(H,21,26)(H3,20,22,23,24,25). The van der Waals surface area contributed by atoms with Crippen LogP contribution in [0.15, 0.2) is 54.6 Å². The van der Waals surface area contributed by atoms with E-state index in [4.69, 9.17) is 10.5 Å². The van der Waals surface area contributed by atoms with Crippen molar-refractivity contribution < 1.29 is 9.53 Å². The number of carbonyl (C=O) groups excluding carboxylic acids is 1. The van der Waals surface area contributed by atoms with E-state index in [1.807, 2.05) is 54.6 Å². The third-order valence-corrected chi connectivity index (χ3v) is 4.50. The molecular weight excluding hydrogens is 376 g/mol. The van der Waals surface area contributed by atoms with Gasteiger partial charge in [0.15, 0.2) is 0 Å². The van der Waals surface area contributed by atoms with Crippen molar-refractivity contribution in [2.45, 2.75) is 5.75 Å². The molecule has 0 fully saturated rings. The van der Waals surface area contributed by atoms with Gasteiger partial charge in [-0.2, -0.15) is 15.0 Å². The second-order valence-corrected chi connectivity index (χ2v) is 6.65. The van der Waals surface area contributed by atoms with E-state index in [9.17, 15) is 4.79 Å². The van der Waals surface area contributed by atoms with Gasteiger partial charge in [0.25, 0.3) is 0 Å². The van der Waals surface area contributed by atoms with Gasteiger partial charge in [-0.05, 0) is 24.3 Å². The fourth-order valence-corrected chi connectivity index (χ4v) is 3.05. The summed E-state index contributed by atoms with van der Waals surface area (Å²) < 4.78 is 5.30. The first-order valence-electron chi connectivity index (χ1n) is 8.47. The number of methoxy groups -OCH3 is 1. The number of nitrogens with zero attached hydrogens (tertiary/aromatic N) is 3. The molecule has 0 saturated heterocycles. The third-order valence-electron chi connectivity index (χ3n) is 3.57. The fraction of sp³-hybridized carbons (Fsp3) is 0.158. The number of nitrogens with one attached hydrogen (secondary N) is 2. The monoisotopic (exact) mass is 396 g/mol. The zero-order valence-electron chi connectivity index (χ0n) is 15.3. The Morgan fingerprint density at radius 2 is 1.82 bits per heavy atom. The van der Waals surface area contributed by atoms with Crippen molar-refractivity contribution in [2.24, 2.45) is 0 Å². The fourth-order valence-electron chi connectivity index (χ4n) is 2.38. The first-order valence-corrected chi connectivity index (χ1v) is 9.62.